The monoisotopic (exact) mass is 455 g/mol. The molecule has 0 radical (unpaired) electrons. The van der Waals surface area contributed by atoms with Crippen molar-refractivity contribution in [3.05, 3.63) is 45.0 Å². The Morgan fingerprint density at radius 1 is 1.27 bits per heavy atom. The van der Waals surface area contributed by atoms with E-state index in [2.05, 4.69) is 29.1 Å². The fourth-order valence-electron chi connectivity index (χ4n) is 3.32. The summed E-state index contributed by atoms with van der Waals surface area (Å²) < 4.78 is 14.4. The van der Waals surface area contributed by atoms with Gasteiger partial charge in [0.15, 0.2) is 6.23 Å². The lowest BCUT2D eigenvalue weighted by Gasteiger charge is -2.23. The molecule has 3 heterocycles. The summed E-state index contributed by atoms with van der Waals surface area (Å²) in [6.07, 6.45) is 2.49. The Bertz CT molecular complexity index is 974. The molecular weight excluding hydrogens is 430 g/mol. The molecule has 30 heavy (non-hydrogen) atoms. The van der Waals surface area contributed by atoms with Gasteiger partial charge >= 0.3 is 11.7 Å². The molecule has 0 bridgehead atoms. The van der Waals surface area contributed by atoms with E-state index in [1.165, 1.54) is 23.8 Å². The maximum Gasteiger partial charge on any atom is 0.330 e. The molecule has 1 saturated heterocycles. The van der Waals surface area contributed by atoms with Crippen LogP contribution in [0.5, 0.6) is 0 Å². The Hall–Kier alpha value is -2.05. The summed E-state index contributed by atoms with van der Waals surface area (Å²) in [6.45, 7) is 6.00. The summed E-state index contributed by atoms with van der Waals surface area (Å²) in [7, 11) is 0. The second kappa shape index (κ2) is 10.3. The predicted molar refractivity (Wildman–Crippen MR) is 115 cm³/mol. The minimum atomic E-state index is -0.502. The molecule has 12 heteroatoms. The highest BCUT2D eigenvalue weighted by Crippen LogP contribution is 2.43. The number of carbonyl (C=O) groups excluding carboxylic acids is 1. The van der Waals surface area contributed by atoms with Gasteiger partial charge in [0.25, 0.3) is 5.56 Å². The van der Waals surface area contributed by atoms with Gasteiger partial charge in [0.1, 0.15) is 12.3 Å². The maximum atomic E-state index is 12.4. The zero-order chi connectivity index (χ0) is 21.7. The summed E-state index contributed by atoms with van der Waals surface area (Å²) in [4.78, 5) is 37.1. The molecule has 0 unspecified atom stereocenters. The number of H-pyrrole nitrogens is 1. The van der Waals surface area contributed by atoms with E-state index in [9.17, 15) is 14.4 Å². The van der Waals surface area contributed by atoms with Gasteiger partial charge in [-0.2, -0.15) is 23.5 Å². The number of thioether (sulfide) groups is 2. The summed E-state index contributed by atoms with van der Waals surface area (Å²) in [5, 5.41) is 8.29. The number of aromatic amines is 1. The molecular formula is C18H25N5O5S2. The van der Waals surface area contributed by atoms with Gasteiger partial charge in [-0.15, -0.1) is 5.10 Å². The first-order chi connectivity index (χ1) is 14.4. The molecule has 1 aliphatic heterocycles. The molecule has 0 saturated carbocycles. The van der Waals surface area contributed by atoms with Gasteiger partial charge in [-0.25, -0.2) is 9.48 Å². The zero-order valence-electron chi connectivity index (χ0n) is 17.0. The maximum absolute atomic E-state index is 12.4. The lowest BCUT2D eigenvalue weighted by Crippen LogP contribution is -2.35. The largest absolute Gasteiger partial charge is 0.459 e. The molecule has 10 nitrogen and oxygen atoms in total. The third-order valence-corrected chi connectivity index (χ3v) is 7.24. The van der Waals surface area contributed by atoms with Crippen molar-refractivity contribution in [3.8, 4) is 0 Å². The van der Waals surface area contributed by atoms with E-state index in [1.807, 2.05) is 0 Å². The van der Waals surface area contributed by atoms with Gasteiger partial charge in [-0.05, 0) is 11.5 Å². The highest BCUT2D eigenvalue weighted by Gasteiger charge is 2.46. The van der Waals surface area contributed by atoms with Crippen LogP contribution in [0.4, 0.5) is 0 Å². The Labute approximate surface area is 181 Å². The van der Waals surface area contributed by atoms with E-state index < -0.39 is 17.5 Å². The number of hydrogen-bond donors (Lipinski definition) is 1. The molecule has 2 aromatic heterocycles. The van der Waals surface area contributed by atoms with E-state index in [0.717, 1.165) is 11.5 Å². The summed E-state index contributed by atoms with van der Waals surface area (Å²) in [6, 6.07) is 1.33. The Morgan fingerprint density at radius 2 is 2.00 bits per heavy atom. The molecule has 0 aliphatic carbocycles. The zero-order valence-corrected chi connectivity index (χ0v) is 18.6. The molecule has 4 atom stereocenters. The van der Waals surface area contributed by atoms with Crippen molar-refractivity contribution in [2.75, 3.05) is 11.5 Å². The molecule has 1 aliphatic rings. The van der Waals surface area contributed by atoms with Crippen LogP contribution in [0.1, 0.15) is 32.7 Å². The van der Waals surface area contributed by atoms with Crippen molar-refractivity contribution in [3.63, 3.8) is 0 Å². The van der Waals surface area contributed by atoms with Crippen molar-refractivity contribution in [2.45, 2.75) is 56.8 Å². The van der Waals surface area contributed by atoms with Gasteiger partial charge in [-0.1, -0.05) is 19.1 Å². The second-order valence-corrected chi connectivity index (χ2v) is 9.54. The van der Waals surface area contributed by atoms with Gasteiger partial charge in [0, 0.05) is 24.4 Å². The molecule has 2 aromatic rings. The molecule has 164 valence electrons. The Morgan fingerprint density at radius 3 is 2.67 bits per heavy atom. The van der Waals surface area contributed by atoms with Crippen LogP contribution in [-0.2, 0) is 27.4 Å². The number of ether oxygens (including phenoxy) is 2. The fraction of sp³-hybridized carbons (Fsp3) is 0.611. The Balaban J connectivity index is 1.83. The molecule has 0 spiro atoms. The molecule has 0 aromatic carbocycles. The predicted octanol–water partition coefficient (Wildman–Crippen LogP) is 1.03. The number of hydrogen-bond acceptors (Lipinski definition) is 9. The second-order valence-electron chi connectivity index (χ2n) is 6.63. The number of nitrogens with zero attached hydrogens (tertiary/aromatic N) is 4. The SMILES string of the molecule is CCS[C@@H]1[C@H](SCC)[C@@H](Cn2cc(COC(C)=O)nn2)O[C@H]1n1ccc(=O)[nH]c1=O. The molecule has 1 fully saturated rings. The lowest BCUT2D eigenvalue weighted by atomic mass is 10.2. The van der Waals surface area contributed by atoms with Crippen molar-refractivity contribution in [1.82, 2.24) is 24.5 Å². The van der Waals surface area contributed by atoms with Gasteiger partial charge in [0.05, 0.1) is 24.1 Å². The van der Waals surface area contributed by atoms with Crippen molar-refractivity contribution in [1.29, 1.82) is 0 Å². The number of aromatic nitrogens is 5. The van der Waals surface area contributed by atoms with Crippen LogP contribution in [0.2, 0.25) is 0 Å². The van der Waals surface area contributed by atoms with E-state index in [1.54, 1.807) is 34.4 Å². The fourth-order valence-corrected chi connectivity index (χ4v) is 5.98. The standard InChI is InChI=1S/C18H25N5O5S2/c1-4-29-15-13(9-22-8-12(20-21-22)10-27-11(3)24)28-17(16(15)30-5-2)23-7-6-14(25)19-18(23)26/h6-8,13,15-17H,4-5,9-10H2,1-3H3,(H,19,25,26)/t13-,15-,16-,17-/m1/s1. The summed E-state index contributed by atoms with van der Waals surface area (Å²) >= 11 is 3.51. The highest BCUT2D eigenvalue weighted by molar-refractivity contribution is 8.03. The third kappa shape index (κ3) is 5.35. The van der Waals surface area contributed by atoms with Crippen LogP contribution in [-0.4, -0.2) is 58.6 Å². The van der Waals surface area contributed by atoms with Crippen LogP contribution in [0.25, 0.3) is 0 Å². The van der Waals surface area contributed by atoms with Crippen LogP contribution in [0.15, 0.2) is 28.0 Å². The third-order valence-electron chi connectivity index (χ3n) is 4.51. The van der Waals surface area contributed by atoms with Crippen molar-refractivity contribution in [2.24, 2.45) is 0 Å². The van der Waals surface area contributed by atoms with E-state index in [4.69, 9.17) is 9.47 Å². The van der Waals surface area contributed by atoms with Crippen molar-refractivity contribution >= 4 is 29.5 Å². The number of esters is 1. The quantitative estimate of drug-likeness (QED) is 0.553. The molecule has 1 N–H and O–H groups in total. The number of rotatable bonds is 9. The number of nitrogens with one attached hydrogen (secondary N) is 1. The minimum absolute atomic E-state index is 0.0255. The molecule has 0 amide bonds. The lowest BCUT2D eigenvalue weighted by molar-refractivity contribution is -0.142. The normalized spacial score (nSPS) is 23.6. The first-order valence-corrected chi connectivity index (χ1v) is 11.7. The van der Waals surface area contributed by atoms with Crippen LogP contribution < -0.4 is 11.2 Å². The highest BCUT2D eigenvalue weighted by atomic mass is 32.2. The van der Waals surface area contributed by atoms with Gasteiger partial charge < -0.3 is 9.47 Å². The van der Waals surface area contributed by atoms with Crippen LogP contribution in [0, 0.1) is 0 Å². The van der Waals surface area contributed by atoms with Gasteiger partial charge in [-0.3, -0.25) is 19.1 Å². The first-order valence-electron chi connectivity index (χ1n) is 9.65. The van der Waals surface area contributed by atoms with Gasteiger partial charge in [0.2, 0.25) is 0 Å². The number of carbonyl (C=O) groups is 1. The summed E-state index contributed by atoms with van der Waals surface area (Å²) in [5.74, 6) is 1.39. The van der Waals surface area contributed by atoms with E-state index in [-0.39, 0.29) is 29.2 Å². The summed E-state index contributed by atoms with van der Waals surface area (Å²) in [5.41, 5.74) is -0.372. The van der Waals surface area contributed by atoms with E-state index >= 15 is 0 Å². The molecule has 3 rings (SSSR count). The smallest absolute Gasteiger partial charge is 0.330 e. The van der Waals surface area contributed by atoms with Crippen LogP contribution in [0.3, 0.4) is 0 Å². The van der Waals surface area contributed by atoms with E-state index in [0.29, 0.717) is 12.2 Å². The average molecular weight is 456 g/mol. The first kappa shape index (κ1) is 22.6. The van der Waals surface area contributed by atoms with Crippen LogP contribution >= 0.6 is 23.5 Å². The topological polar surface area (TPSA) is 121 Å². The minimum Gasteiger partial charge on any atom is -0.459 e. The Kier molecular flexibility index (Phi) is 7.78. The van der Waals surface area contributed by atoms with Crippen molar-refractivity contribution < 1.29 is 14.3 Å². The average Bonchev–Trinajstić information content (AvgIpc) is 3.27.